The number of hydrogen-bond donors (Lipinski definition) is 1. The van der Waals surface area contributed by atoms with Gasteiger partial charge in [0.1, 0.15) is 22.0 Å². The molecule has 3 aliphatic rings. The number of amides is 1. The largest absolute Gasteiger partial charge is 0.619 e. The average molecular weight is 725 g/mol. The molecule has 0 radical (unpaired) electrons. The Bertz CT molecular complexity index is 1880. The summed E-state index contributed by atoms with van der Waals surface area (Å²) in [6.45, 7) is 2.38. The minimum Gasteiger partial charge on any atom is -0.619 e. The maximum absolute atomic E-state index is 14.7. The van der Waals surface area contributed by atoms with Gasteiger partial charge in [-0.05, 0) is 91.4 Å². The lowest BCUT2D eigenvalue weighted by Crippen LogP contribution is -2.53. The lowest BCUT2D eigenvalue weighted by atomic mass is 9.80. The van der Waals surface area contributed by atoms with E-state index >= 15 is 0 Å². The molecule has 2 atom stereocenters. The van der Waals surface area contributed by atoms with Crippen LogP contribution < -0.4 is 19.1 Å². The van der Waals surface area contributed by atoms with Gasteiger partial charge in [-0.2, -0.15) is 4.73 Å². The van der Waals surface area contributed by atoms with E-state index in [0.717, 1.165) is 25.9 Å². The van der Waals surface area contributed by atoms with Crippen LogP contribution in [0.15, 0.2) is 73.1 Å². The summed E-state index contributed by atoms with van der Waals surface area (Å²) in [5.41, 5.74) is 2.07. The first-order valence-corrected chi connectivity index (χ1v) is 16.9. The molecule has 0 unspecified atom stereocenters. The summed E-state index contributed by atoms with van der Waals surface area (Å²) in [5, 5.41) is 22.9. The van der Waals surface area contributed by atoms with E-state index < -0.39 is 23.8 Å². The van der Waals surface area contributed by atoms with Crippen LogP contribution in [-0.4, -0.2) is 62.0 Å². The number of aromatic nitrogens is 1. The number of pyridine rings is 1. The van der Waals surface area contributed by atoms with Crippen molar-refractivity contribution in [2.45, 2.75) is 37.8 Å². The molecule has 2 bridgehead atoms. The van der Waals surface area contributed by atoms with Crippen molar-refractivity contribution in [3.63, 3.8) is 0 Å². The SMILES string of the molecule is COc1ccc([C@H](Cc2c(Cl)c[n+]([O-])cc2Cl)c2c(CN(C(=O)O[C@H]3CN4CCC3CC4)c3cccc(F)c3)cccc2C(=O)O)cc1OC. The van der Waals surface area contributed by atoms with Crippen molar-refractivity contribution >= 4 is 41.0 Å². The van der Waals surface area contributed by atoms with E-state index in [1.165, 1.54) is 55.8 Å². The minimum absolute atomic E-state index is 0.0331. The number of halogens is 3. The number of methoxy groups -OCH3 is 2. The lowest BCUT2D eigenvalue weighted by molar-refractivity contribution is -0.605. The van der Waals surface area contributed by atoms with Crippen molar-refractivity contribution in [1.82, 2.24) is 4.90 Å². The zero-order valence-corrected chi connectivity index (χ0v) is 29.0. The van der Waals surface area contributed by atoms with E-state index in [-0.39, 0.29) is 46.3 Å². The molecule has 4 heterocycles. The number of carbonyl (C=O) groups excluding carboxylic acids is 1. The van der Waals surface area contributed by atoms with E-state index in [4.69, 9.17) is 37.4 Å². The second kappa shape index (κ2) is 15.1. The van der Waals surface area contributed by atoms with Crippen LogP contribution in [0.4, 0.5) is 14.9 Å². The number of anilines is 1. The number of aromatic carboxylic acids is 1. The summed E-state index contributed by atoms with van der Waals surface area (Å²) >= 11 is 13.1. The van der Waals surface area contributed by atoms with Crippen LogP contribution in [0.1, 0.15) is 51.4 Å². The molecule has 0 saturated carbocycles. The van der Waals surface area contributed by atoms with Crippen molar-refractivity contribution < 1.29 is 38.0 Å². The van der Waals surface area contributed by atoms with E-state index in [2.05, 4.69) is 4.90 Å². The Morgan fingerprint density at radius 2 is 1.72 bits per heavy atom. The summed E-state index contributed by atoms with van der Waals surface area (Å²) in [7, 11) is 2.99. The molecule has 3 aliphatic heterocycles. The van der Waals surface area contributed by atoms with E-state index in [0.29, 0.717) is 45.0 Å². The van der Waals surface area contributed by atoms with Crippen LogP contribution in [0.3, 0.4) is 0 Å². The first kappa shape index (κ1) is 35.3. The minimum atomic E-state index is -1.21. The molecule has 4 aromatic rings. The molecule has 10 nitrogen and oxygen atoms in total. The molecule has 50 heavy (non-hydrogen) atoms. The number of hydrogen-bond acceptors (Lipinski definition) is 7. The number of benzene rings is 3. The summed E-state index contributed by atoms with van der Waals surface area (Å²) in [6.07, 6.45) is 3.27. The van der Waals surface area contributed by atoms with E-state index in [9.17, 15) is 24.3 Å². The first-order valence-electron chi connectivity index (χ1n) is 16.2. The number of fused-ring (bicyclic) bond motifs is 3. The molecular formula is C37H36Cl2FN3O7. The van der Waals surface area contributed by atoms with Gasteiger partial charge < -0.3 is 24.5 Å². The predicted octanol–water partition coefficient (Wildman–Crippen LogP) is 7.09. The van der Waals surface area contributed by atoms with Crippen molar-refractivity contribution in [2.24, 2.45) is 5.92 Å². The Balaban J connectivity index is 1.49. The molecule has 262 valence electrons. The summed E-state index contributed by atoms with van der Waals surface area (Å²) in [4.78, 5) is 30.6. The number of rotatable bonds is 11. The van der Waals surface area contributed by atoms with Crippen LogP contribution in [-0.2, 0) is 17.7 Å². The molecule has 13 heteroatoms. The summed E-state index contributed by atoms with van der Waals surface area (Å²) in [5.74, 6) is -1.42. The Kier molecular flexibility index (Phi) is 10.7. The molecule has 1 N–H and O–H groups in total. The third kappa shape index (κ3) is 7.45. The fourth-order valence-corrected chi connectivity index (χ4v) is 7.65. The number of ether oxygens (including phenoxy) is 3. The zero-order valence-electron chi connectivity index (χ0n) is 27.5. The number of piperidine rings is 3. The van der Waals surface area contributed by atoms with Crippen LogP contribution in [0.25, 0.3) is 0 Å². The van der Waals surface area contributed by atoms with Gasteiger partial charge >= 0.3 is 12.1 Å². The van der Waals surface area contributed by atoms with Crippen molar-refractivity contribution in [2.75, 3.05) is 38.8 Å². The van der Waals surface area contributed by atoms with Crippen molar-refractivity contribution in [3.8, 4) is 11.5 Å². The fraction of sp³-hybridized carbons (Fsp3) is 0.324. The molecule has 3 saturated heterocycles. The Morgan fingerprint density at radius 3 is 2.34 bits per heavy atom. The molecule has 0 aliphatic carbocycles. The van der Waals surface area contributed by atoms with Gasteiger partial charge in [0.25, 0.3) is 0 Å². The van der Waals surface area contributed by atoms with Crippen LogP contribution in [0.5, 0.6) is 11.5 Å². The van der Waals surface area contributed by atoms with Crippen molar-refractivity contribution in [1.29, 1.82) is 0 Å². The first-order chi connectivity index (χ1) is 24.1. The molecular weight excluding hydrogens is 688 g/mol. The summed E-state index contributed by atoms with van der Waals surface area (Å²) < 4.78 is 32.3. The molecule has 3 fully saturated rings. The molecule has 3 aromatic carbocycles. The topological polar surface area (TPSA) is 115 Å². The third-order valence-corrected chi connectivity index (χ3v) is 10.2. The average Bonchev–Trinajstić information content (AvgIpc) is 3.10. The van der Waals surface area contributed by atoms with Gasteiger partial charge in [0.15, 0.2) is 23.9 Å². The lowest BCUT2D eigenvalue weighted by Gasteiger charge is -2.44. The Hall–Kier alpha value is -4.58. The van der Waals surface area contributed by atoms with Gasteiger partial charge in [0.05, 0.1) is 32.0 Å². The van der Waals surface area contributed by atoms with Gasteiger partial charge in [-0.1, -0.05) is 47.5 Å². The van der Waals surface area contributed by atoms with E-state index in [1.807, 2.05) is 0 Å². The van der Waals surface area contributed by atoms with Crippen LogP contribution in [0.2, 0.25) is 10.0 Å². The Morgan fingerprint density at radius 1 is 1.02 bits per heavy atom. The number of nitrogens with zero attached hydrogens (tertiary/aromatic N) is 3. The highest BCUT2D eigenvalue weighted by atomic mass is 35.5. The van der Waals surface area contributed by atoms with Crippen LogP contribution in [0, 0.1) is 16.9 Å². The predicted molar refractivity (Wildman–Crippen MR) is 186 cm³/mol. The van der Waals surface area contributed by atoms with Gasteiger partial charge in [-0.3, -0.25) is 9.80 Å². The Labute approximate surface area is 299 Å². The third-order valence-electron chi connectivity index (χ3n) is 9.57. The summed E-state index contributed by atoms with van der Waals surface area (Å²) in [6, 6.07) is 15.6. The quantitative estimate of drug-likeness (QED) is 0.129. The van der Waals surface area contributed by atoms with Crippen molar-refractivity contribution in [3.05, 3.63) is 122 Å². The molecule has 7 rings (SSSR count). The standard InChI is InChI=1S/C37H36Cl2FN3O7/c1-48-32-10-9-23(15-33(32)49-2)28(17-29-30(38)19-42(47)20-31(29)39)35-24(5-3-8-27(35)36(44)45)18-43(26-7-4-6-25(40)16-26)37(46)50-34-21-41-13-11-22(34)12-14-41/h3-10,15-16,19-20,22,28,34H,11-14,17-18,21H2,1-2H3,(H,44,45)/t28-,34-/m0/s1. The zero-order chi connectivity index (χ0) is 35.5. The highest BCUT2D eigenvalue weighted by Crippen LogP contribution is 2.41. The fourth-order valence-electron chi connectivity index (χ4n) is 7.05. The van der Waals surface area contributed by atoms with Gasteiger partial charge in [0.2, 0.25) is 0 Å². The monoisotopic (exact) mass is 723 g/mol. The second-order valence-electron chi connectivity index (χ2n) is 12.5. The second-order valence-corrected chi connectivity index (χ2v) is 13.3. The maximum Gasteiger partial charge on any atom is 0.414 e. The van der Waals surface area contributed by atoms with Gasteiger partial charge in [-0.15, -0.1) is 0 Å². The van der Waals surface area contributed by atoms with E-state index in [1.54, 1.807) is 36.4 Å². The molecule has 1 amide bonds. The van der Waals surface area contributed by atoms with Gasteiger partial charge in [0, 0.05) is 18.0 Å². The number of carboxylic acids is 1. The normalized spacial score (nSPS) is 18.7. The number of carboxylic acid groups (broad SMARTS) is 1. The highest BCUT2D eigenvalue weighted by Gasteiger charge is 2.38. The van der Waals surface area contributed by atoms with Crippen LogP contribution >= 0.6 is 23.2 Å². The molecule has 0 spiro atoms. The maximum atomic E-state index is 14.7. The highest BCUT2D eigenvalue weighted by molar-refractivity contribution is 6.35. The van der Waals surface area contributed by atoms with Gasteiger partial charge in [-0.25, -0.2) is 14.0 Å². The number of carbonyl (C=O) groups is 2. The smallest absolute Gasteiger partial charge is 0.414 e. The molecule has 1 aromatic heterocycles.